The number of fused-ring (bicyclic) bond motifs is 2. The summed E-state index contributed by atoms with van der Waals surface area (Å²) < 4.78 is 0. The molecule has 142 valence electrons. The summed E-state index contributed by atoms with van der Waals surface area (Å²) in [6.45, 7) is 1.85. The summed E-state index contributed by atoms with van der Waals surface area (Å²) >= 11 is 0. The second-order valence-corrected chi connectivity index (χ2v) is 7.68. The van der Waals surface area contributed by atoms with Gasteiger partial charge in [-0.3, -0.25) is 4.79 Å². The molecule has 1 aliphatic carbocycles. The van der Waals surface area contributed by atoms with Gasteiger partial charge in [0.2, 0.25) is 0 Å². The highest BCUT2D eigenvalue weighted by Gasteiger charge is 2.24. The van der Waals surface area contributed by atoms with Gasteiger partial charge in [0.1, 0.15) is 0 Å². The molecule has 5 rings (SSSR count). The number of aryl methyl sites for hydroxylation is 1. The number of hydrogen-bond donors (Lipinski definition) is 1. The second-order valence-electron chi connectivity index (χ2n) is 7.68. The SMILES string of the molecule is O=C(Nc1cccc2c1CCCC2)c1nc2ccccc2nc1N1CCCC1. The first kappa shape index (κ1) is 17.2. The molecule has 0 saturated carbocycles. The molecule has 1 aliphatic heterocycles. The van der Waals surface area contributed by atoms with Gasteiger partial charge in [-0.1, -0.05) is 24.3 Å². The molecular weight excluding hydrogens is 348 g/mol. The number of carbonyl (C=O) groups excluding carboxylic acids is 1. The van der Waals surface area contributed by atoms with E-state index in [2.05, 4.69) is 16.3 Å². The van der Waals surface area contributed by atoms with Crippen LogP contribution in [0.25, 0.3) is 11.0 Å². The average Bonchev–Trinajstić information content (AvgIpc) is 3.28. The van der Waals surface area contributed by atoms with Crippen LogP contribution in [-0.4, -0.2) is 29.0 Å². The Balaban J connectivity index is 1.54. The maximum absolute atomic E-state index is 13.3. The lowest BCUT2D eigenvalue weighted by Crippen LogP contribution is -2.26. The number of hydrogen-bond acceptors (Lipinski definition) is 4. The molecule has 0 radical (unpaired) electrons. The number of para-hydroxylation sites is 2. The zero-order valence-electron chi connectivity index (χ0n) is 15.9. The number of rotatable bonds is 3. The van der Waals surface area contributed by atoms with Crippen molar-refractivity contribution < 1.29 is 4.79 Å². The molecule has 2 aliphatic rings. The molecule has 3 aromatic rings. The van der Waals surface area contributed by atoms with Crippen molar-refractivity contribution in [2.24, 2.45) is 0 Å². The Kier molecular flexibility index (Phi) is 4.43. The third-order valence-electron chi connectivity index (χ3n) is 5.82. The maximum atomic E-state index is 13.3. The van der Waals surface area contributed by atoms with E-state index in [-0.39, 0.29) is 5.91 Å². The maximum Gasteiger partial charge on any atom is 0.278 e. The van der Waals surface area contributed by atoms with Gasteiger partial charge < -0.3 is 10.2 Å². The molecule has 1 saturated heterocycles. The van der Waals surface area contributed by atoms with Gasteiger partial charge in [0.05, 0.1) is 11.0 Å². The standard InChI is InChI=1S/C23H24N4O/c28-23(26-18-13-7-9-16-8-1-2-10-17(16)18)21-22(27-14-5-6-15-27)25-20-12-4-3-11-19(20)24-21/h3-4,7,9,11-13H,1-2,5-6,8,10,14-15H2,(H,26,28). The Morgan fingerprint density at radius 2 is 1.61 bits per heavy atom. The molecule has 5 nitrogen and oxygen atoms in total. The number of amides is 1. The molecule has 1 N–H and O–H groups in total. The van der Waals surface area contributed by atoms with Crippen LogP contribution in [0, 0.1) is 0 Å². The first-order valence-corrected chi connectivity index (χ1v) is 10.2. The predicted molar refractivity (Wildman–Crippen MR) is 112 cm³/mol. The molecule has 5 heteroatoms. The quantitative estimate of drug-likeness (QED) is 0.742. The van der Waals surface area contributed by atoms with E-state index in [0.29, 0.717) is 11.5 Å². The van der Waals surface area contributed by atoms with E-state index in [4.69, 9.17) is 9.97 Å². The van der Waals surface area contributed by atoms with E-state index in [0.717, 1.165) is 55.5 Å². The van der Waals surface area contributed by atoms with Crippen LogP contribution in [0.3, 0.4) is 0 Å². The van der Waals surface area contributed by atoms with Crippen LogP contribution in [0.15, 0.2) is 42.5 Å². The molecule has 1 aromatic heterocycles. The first-order valence-electron chi connectivity index (χ1n) is 10.2. The van der Waals surface area contributed by atoms with E-state index < -0.39 is 0 Å². The van der Waals surface area contributed by atoms with Crippen molar-refractivity contribution in [3.05, 3.63) is 59.3 Å². The highest BCUT2D eigenvalue weighted by atomic mass is 16.1. The number of benzene rings is 2. The number of nitrogens with one attached hydrogen (secondary N) is 1. The van der Waals surface area contributed by atoms with E-state index in [1.54, 1.807) is 0 Å². The van der Waals surface area contributed by atoms with Crippen LogP contribution in [0.4, 0.5) is 11.5 Å². The van der Waals surface area contributed by atoms with Gasteiger partial charge in [0.15, 0.2) is 11.5 Å². The Bertz CT molecular complexity index is 1040. The number of aromatic nitrogens is 2. The summed E-state index contributed by atoms with van der Waals surface area (Å²) in [5, 5.41) is 3.15. The van der Waals surface area contributed by atoms with Crippen LogP contribution in [0.1, 0.15) is 47.3 Å². The molecular formula is C23H24N4O. The summed E-state index contributed by atoms with van der Waals surface area (Å²) in [6, 6.07) is 14.0. The Morgan fingerprint density at radius 1 is 0.857 bits per heavy atom. The van der Waals surface area contributed by atoms with Crippen molar-refractivity contribution >= 4 is 28.4 Å². The van der Waals surface area contributed by atoms with Crippen molar-refractivity contribution in [3.63, 3.8) is 0 Å². The highest BCUT2D eigenvalue weighted by Crippen LogP contribution is 2.29. The summed E-state index contributed by atoms with van der Waals surface area (Å²) in [4.78, 5) is 25.0. The molecule has 0 unspecified atom stereocenters. The number of nitrogens with zero attached hydrogens (tertiary/aromatic N) is 3. The Hall–Kier alpha value is -2.95. The zero-order chi connectivity index (χ0) is 18.9. The fourth-order valence-corrected chi connectivity index (χ4v) is 4.37. The van der Waals surface area contributed by atoms with Gasteiger partial charge in [-0.25, -0.2) is 9.97 Å². The smallest absolute Gasteiger partial charge is 0.278 e. The van der Waals surface area contributed by atoms with E-state index in [1.165, 1.54) is 24.0 Å². The number of carbonyl (C=O) groups is 1. The molecule has 1 fully saturated rings. The summed E-state index contributed by atoms with van der Waals surface area (Å²) in [5.41, 5.74) is 5.56. The van der Waals surface area contributed by atoms with Gasteiger partial charge in [0.25, 0.3) is 5.91 Å². The van der Waals surface area contributed by atoms with Crippen LogP contribution in [0.2, 0.25) is 0 Å². The monoisotopic (exact) mass is 372 g/mol. The normalized spacial score (nSPS) is 16.2. The molecule has 0 bridgehead atoms. The van der Waals surface area contributed by atoms with E-state index in [1.807, 2.05) is 36.4 Å². The van der Waals surface area contributed by atoms with Gasteiger partial charge in [-0.15, -0.1) is 0 Å². The fraction of sp³-hybridized carbons (Fsp3) is 0.348. The minimum atomic E-state index is -0.167. The number of anilines is 2. The van der Waals surface area contributed by atoms with Crippen LogP contribution >= 0.6 is 0 Å². The van der Waals surface area contributed by atoms with Crippen LogP contribution < -0.4 is 10.2 Å². The Labute approximate surface area is 164 Å². The largest absolute Gasteiger partial charge is 0.355 e. The third kappa shape index (κ3) is 3.11. The summed E-state index contributed by atoms with van der Waals surface area (Å²) in [5.74, 6) is 0.539. The average molecular weight is 372 g/mol. The lowest BCUT2D eigenvalue weighted by molar-refractivity contribution is 0.102. The van der Waals surface area contributed by atoms with E-state index in [9.17, 15) is 4.79 Å². The topological polar surface area (TPSA) is 58.1 Å². The van der Waals surface area contributed by atoms with Crippen LogP contribution in [0.5, 0.6) is 0 Å². The van der Waals surface area contributed by atoms with Gasteiger partial charge in [-0.05, 0) is 67.9 Å². The first-order chi connectivity index (χ1) is 13.8. The van der Waals surface area contributed by atoms with Crippen LogP contribution in [-0.2, 0) is 12.8 Å². The van der Waals surface area contributed by atoms with Crippen molar-refractivity contribution in [2.75, 3.05) is 23.3 Å². The molecule has 2 heterocycles. The second kappa shape index (κ2) is 7.23. The molecule has 0 spiro atoms. The molecule has 28 heavy (non-hydrogen) atoms. The fourth-order valence-electron chi connectivity index (χ4n) is 4.37. The summed E-state index contributed by atoms with van der Waals surface area (Å²) in [6.07, 6.45) is 6.76. The molecule has 0 atom stereocenters. The predicted octanol–water partition coefficient (Wildman–Crippen LogP) is 4.36. The summed E-state index contributed by atoms with van der Waals surface area (Å²) in [7, 11) is 0. The van der Waals surface area contributed by atoms with Gasteiger partial charge >= 0.3 is 0 Å². The third-order valence-corrected chi connectivity index (χ3v) is 5.82. The van der Waals surface area contributed by atoms with Crippen molar-refractivity contribution in [2.45, 2.75) is 38.5 Å². The highest BCUT2D eigenvalue weighted by molar-refractivity contribution is 6.07. The Morgan fingerprint density at radius 3 is 2.43 bits per heavy atom. The van der Waals surface area contributed by atoms with Crippen molar-refractivity contribution in [1.29, 1.82) is 0 Å². The van der Waals surface area contributed by atoms with Crippen molar-refractivity contribution in [1.82, 2.24) is 9.97 Å². The van der Waals surface area contributed by atoms with Gasteiger partial charge in [0, 0.05) is 18.8 Å². The molecule has 2 aromatic carbocycles. The lowest BCUT2D eigenvalue weighted by atomic mass is 9.90. The van der Waals surface area contributed by atoms with Gasteiger partial charge in [-0.2, -0.15) is 0 Å². The lowest BCUT2D eigenvalue weighted by Gasteiger charge is -2.22. The van der Waals surface area contributed by atoms with Crippen molar-refractivity contribution in [3.8, 4) is 0 Å². The minimum absolute atomic E-state index is 0.167. The molecule has 1 amide bonds. The zero-order valence-corrected chi connectivity index (χ0v) is 15.9. The minimum Gasteiger partial charge on any atom is -0.355 e. The van der Waals surface area contributed by atoms with E-state index >= 15 is 0 Å².